The van der Waals surface area contributed by atoms with Crippen molar-refractivity contribution in [3.05, 3.63) is 29.6 Å². The van der Waals surface area contributed by atoms with E-state index in [4.69, 9.17) is 0 Å². The Kier molecular flexibility index (Phi) is 7.28. The molecule has 0 aliphatic rings. The van der Waals surface area contributed by atoms with Gasteiger partial charge in [-0.15, -0.1) is 0 Å². The van der Waals surface area contributed by atoms with Crippen LogP contribution < -0.4 is 5.32 Å². The molecule has 1 aromatic rings. The number of pyridine rings is 1. The fourth-order valence-corrected chi connectivity index (χ4v) is 2.53. The lowest BCUT2D eigenvalue weighted by Gasteiger charge is -2.16. The second-order valence-corrected chi connectivity index (χ2v) is 8.27. The van der Waals surface area contributed by atoms with E-state index in [9.17, 15) is 8.42 Å². The molecule has 1 rings (SSSR count). The molecule has 0 spiro atoms. The van der Waals surface area contributed by atoms with Crippen LogP contribution in [0.1, 0.15) is 25.2 Å². The van der Waals surface area contributed by atoms with Gasteiger partial charge in [0, 0.05) is 25.9 Å². The van der Waals surface area contributed by atoms with Gasteiger partial charge in [-0.25, -0.2) is 8.42 Å². The predicted octanol–water partition coefficient (Wildman–Crippen LogP) is 1.30. The SMILES string of the molecule is CC(C)CNCc1cccc(CN(C)CCS(C)(=O)=O)n1. The molecule has 0 unspecified atom stereocenters. The van der Waals surface area contributed by atoms with Crippen LogP contribution in [-0.4, -0.2) is 50.4 Å². The Labute approximate surface area is 128 Å². The van der Waals surface area contributed by atoms with Gasteiger partial charge < -0.3 is 5.32 Å². The second-order valence-electron chi connectivity index (χ2n) is 6.01. The number of nitrogens with one attached hydrogen (secondary N) is 1. The predicted molar refractivity (Wildman–Crippen MR) is 86.8 cm³/mol. The van der Waals surface area contributed by atoms with Crippen LogP contribution in [0.4, 0.5) is 0 Å². The van der Waals surface area contributed by atoms with Gasteiger partial charge in [-0.2, -0.15) is 0 Å². The number of rotatable bonds is 9. The summed E-state index contributed by atoms with van der Waals surface area (Å²) in [5.41, 5.74) is 1.99. The average molecular weight is 313 g/mol. The molecule has 1 aromatic heterocycles. The van der Waals surface area contributed by atoms with Gasteiger partial charge in [0.05, 0.1) is 17.1 Å². The van der Waals surface area contributed by atoms with Crippen molar-refractivity contribution in [1.29, 1.82) is 0 Å². The maximum Gasteiger partial charge on any atom is 0.148 e. The molecule has 0 bridgehead atoms. The van der Waals surface area contributed by atoms with Gasteiger partial charge in [-0.3, -0.25) is 9.88 Å². The summed E-state index contributed by atoms with van der Waals surface area (Å²) in [5, 5.41) is 3.37. The molecule has 0 aliphatic heterocycles. The largest absolute Gasteiger partial charge is 0.311 e. The lowest BCUT2D eigenvalue weighted by Crippen LogP contribution is -2.25. The molecule has 1 heterocycles. The van der Waals surface area contributed by atoms with Crippen LogP contribution in [0, 0.1) is 5.92 Å². The number of hydrogen-bond donors (Lipinski definition) is 1. The monoisotopic (exact) mass is 313 g/mol. The van der Waals surface area contributed by atoms with Crippen LogP contribution in [-0.2, 0) is 22.9 Å². The topological polar surface area (TPSA) is 62.3 Å². The second kappa shape index (κ2) is 8.46. The number of hydrogen-bond acceptors (Lipinski definition) is 5. The van der Waals surface area contributed by atoms with Gasteiger partial charge in [-0.1, -0.05) is 19.9 Å². The van der Waals surface area contributed by atoms with E-state index in [1.54, 1.807) is 0 Å². The van der Waals surface area contributed by atoms with Crippen molar-refractivity contribution in [3.8, 4) is 0 Å². The Morgan fingerprint density at radius 2 is 1.95 bits per heavy atom. The lowest BCUT2D eigenvalue weighted by molar-refractivity contribution is 0.341. The summed E-state index contributed by atoms with van der Waals surface area (Å²) in [5.74, 6) is 0.800. The van der Waals surface area contributed by atoms with E-state index in [2.05, 4.69) is 24.1 Å². The van der Waals surface area contributed by atoms with Crippen molar-refractivity contribution in [2.45, 2.75) is 26.9 Å². The summed E-state index contributed by atoms with van der Waals surface area (Å²) >= 11 is 0. The van der Waals surface area contributed by atoms with Crippen molar-refractivity contribution >= 4 is 9.84 Å². The zero-order chi connectivity index (χ0) is 15.9. The highest BCUT2D eigenvalue weighted by Gasteiger charge is 2.07. The highest BCUT2D eigenvalue weighted by atomic mass is 32.2. The Morgan fingerprint density at radius 3 is 2.57 bits per heavy atom. The van der Waals surface area contributed by atoms with Crippen molar-refractivity contribution in [2.24, 2.45) is 5.92 Å². The average Bonchev–Trinajstić information content (AvgIpc) is 2.36. The minimum Gasteiger partial charge on any atom is -0.311 e. The van der Waals surface area contributed by atoms with Gasteiger partial charge in [-0.05, 0) is 31.6 Å². The third-order valence-corrected chi connectivity index (χ3v) is 3.92. The van der Waals surface area contributed by atoms with E-state index < -0.39 is 9.84 Å². The lowest BCUT2D eigenvalue weighted by atomic mass is 10.2. The molecule has 0 saturated carbocycles. The number of nitrogens with zero attached hydrogens (tertiary/aromatic N) is 2. The first-order valence-corrected chi connectivity index (χ1v) is 9.34. The molecule has 6 heteroatoms. The summed E-state index contributed by atoms with van der Waals surface area (Å²) in [6.45, 7) is 7.27. The molecule has 1 N–H and O–H groups in total. The van der Waals surface area contributed by atoms with E-state index in [1.807, 2.05) is 30.1 Å². The van der Waals surface area contributed by atoms with E-state index in [-0.39, 0.29) is 5.75 Å². The minimum atomic E-state index is -2.91. The van der Waals surface area contributed by atoms with E-state index in [1.165, 1.54) is 6.26 Å². The van der Waals surface area contributed by atoms with Gasteiger partial charge in [0.2, 0.25) is 0 Å². The van der Waals surface area contributed by atoms with Crippen molar-refractivity contribution in [3.63, 3.8) is 0 Å². The molecule has 0 saturated heterocycles. The first kappa shape index (κ1) is 18.1. The van der Waals surface area contributed by atoms with Gasteiger partial charge in [0.25, 0.3) is 0 Å². The summed E-state index contributed by atoms with van der Waals surface area (Å²) < 4.78 is 22.3. The fourth-order valence-electron chi connectivity index (χ4n) is 1.88. The highest BCUT2D eigenvalue weighted by molar-refractivity contribution is 7.90. The molecule has 0 radical (unpaired) electrons. The van der Waals surface area contributed by atoms with Crippen molar-refractivity contribution in [1.82, 2.24) is 15.2 Å². The summed E-state index contributed by atoms with van der Waals surface area (Å²) in [6, 6.07) is 5.98. The first-order chi connectivity index (χ1) is 9.76. The van der Waals surface area contributed by atoms with Gasteiger partial charge in [0.15, 0.2) is 0 Å². The molecule has 120 valence electrons. The molecule has 0 aliphatic carbocycles. The Balaban J connectivity index is 2.48. The van der Waals surface area contributed by atoms with Crippen LogP contribution in [0.15, 0.2) is 18.2 Å². The number of aromatic nitrogens is 1. The molecule has 0 atom stereocenters. The third kappa shape index (κ3) is 8.80. The minimum absolute atomic E-state index is 0.180. The van der Waals surface area contributed by atoms with Crippen molar-refractivity contribution < 1.29 is 8.42 Å². The van der Waals surface area contributed by atoms with Gasteiger partial charge in [0.1, 0.15) is 9.84 Å². The Bertz CT molecular complexity index is 529. The standard InChI is InChI=1S/C15H27N3O2S/c1-13(2)10-16-11-14-6-5-7-15(17-14)12-18(3)8-9-21(4,19)20/h5-7,13,16H,8-12H2,1-4H3. The van der Waals surface area contributed by atoms with E-state index in [0.29, 0.717) is 19.0 Å². The van der Waals surface area contributed by atoms with E-state index in [0.717, 1.165) is 24.5 Å². The smallest absolute Gasteiger partial charge is 0.148 e. The third-order valence-electron chi connectivity index (χ3n) is 3.00. The maximum absolute atomic E-state index is 11.2. The molecule has 0 fully saturated rings. The molecular weight excluding hydrogens is 286 g/mol. The van der Waals surface area contributed by atoms with E-state index >= 15 is 0 Å². The van der Waals surface area contributed by atoms with Gasteiger partial charge >= 0.3 is 0 Å². The molecule has 0 aromatic carbocycles. The maximum atomic E-state index is 11.2. The van der Waals surface area contributed by atoms with Crippen molar-refractivity contribution in [2.75, 3.05) is 32.1 Å². The zero-order valence-corrected chi connectivity index (χ0v) is 14.3. The summed E-state index contributed by atoms with van der Waals surface area (Å²) in [7, 11) is -0.999. The van der Waals surface area contributed by atoms with Crippen LogP contribution in [0.3, 0.4) is 0 Å². The Morgan fingerprint density at radius 1 is 1.29 bits per heavy atom. The van der Waals surface area contributed by atoms with Crippen LogP contribution in [0.25, 0.3) is 0 Å². The number of sulfone groups is 1. The summed E-state index contributed by atoms with van der Waals surface area (Å²) in [6.07, 6.45) is 1.26. The van der Waals surface area contributed by atoms with Crippen LogP contribution >= 0.6 is 0 Å². The zero-order valence-electron chi connectivity index (χ0n) is 13.5. The normalized spacial score (nSPS) is 12.3. The van der Waals surface area contributed by atoms with Crippen LogP contribution in [0.5, 0.6) is 0 Å². The Hall–Kier alpha value is -0.980. The molecule has 5 nitrogen and oxygen atoms in total. The van der Waals surface area contributed by atoms with Crippen LogP contribution in [0.2, 0.25) is 0 Å². The first-order valence-electron chi connectivity index (χ1n) is 7.28. The molecular formula is C15H27N3O2S. The highest BCUT2D eigenvalue weighted by Crippen LogP contribution is 2.03. The quantitative estimate of drug-likeness (QED) is 0.744. The summed E-state index contributed by atoms with van der Waals surface area (Å²) in [4.78, 5) is 6.58. The fraction of sp³-hybridized carbons (Fsp3) is 0.667. The molecule has 21 heavy (non-hydrogen) atoms. The molecule has 0 amide bonds.